The summed E-state index contributed by atoms with van der Waals surface area (Å²) in [6.45, 7) is 0.865. The second-order valence-corrected chi connectivity index (χ2v) is 7.01. The van der Waals surface area contributed by atoms with Crippen LogP contribution in [0.5, 0.6) is 0 Å². The van der Waals surface area contributed by atoms with Gasteiger partial charge in [-0.05, 0) is 36.2 Å². The van der Waals surface area contributed by atoms with Crippen LogP contribution in [-0.4, -0.2) is 32.6 Å². The average Bonchev–Trinajstić information content (AvgIpc) is 3.37. The lowest BCUT2D eigenvalue weighted by Crippen LogP contribution is -2.02. The van der Waals surface area contributed by atoms with Crippen molar-refractivity contribution in [3.05, 3.63) is 90.1 Å². The predicted molar refractivity (Wildman–Crippen MR) is 119 cm³/mol. The molecule has 8 heteroatoms. The summed E-state index contributed by atoms with van der Waals surface area (Å²) in [5, 5.41) is 12.6. The highest BCUT2D eigenvalue weighted by Gasteiger charge is 2.12. The van der Waals surface area contributed by atoms with Crippen molar-refractivity contribution >= 4 is 17.6 Å². The van der Waals surface area contributed by atoms with E-state index in [2.05, 4.69) is 38.5 Å². The van der Waals surface area contributed by atoms with Crippen LogP contribution < -0.4 is 5.32 Å². The van der Waals surface area contributed by atoms with Gasteiger partial charge >= 0.3 is 5.97 Å². The first kappa shape index (κ1) is 20.8. The number of hydrogen-bond donors (Lipinski definition) is 1. The van der Waals surface area contributed by atoms with Gasteiger partial charge in [0.25, 0.3) is 0 Å². The molecule has 0 aliphatic carbocycles. The molecule has 32 heavy (non-hydrogen) atoms. The third-order valence-electron chi connectivity index (χ3n) is 4.92. The van der Waals surface area contributed by atoms with Gasteiger partial charge in [0, 0.05) is 30.2 Å². The molecule has 4 rings (SSSR count). The number of rotatable bonds is 7. The average molecular weight is 424 g/mol. The van der Waals surface area contributed by atoms with E-state index in [-0.39, 0.29) is 0 Å². The van der Waals surface area contributed by atoms with E-state index in [0.29, 0.717) is 28.3 Å². The number of anilines is 2. The lowest BCUT2D eigenvalue weighted by atomic mass is 10.1. The quantitative estimate of drug-likeness (QED) is 0.447. The Balaban J connectivity index is 1.50. The van der Waals surface area contributed by atoms with E-state index in [9.17, 15) is 10.1 Å². The van der Waals surface area contributed by atoms with E-state index < -0.39 is 5.97 Å². The molecule has 0 aliphatic rings. The Morgan fingerprint density at radius 2 is 1.94 bits per heavy atom. The fourth-order valence-electron chi connectivity index (χ4n) is 3.19. The molecule has 2 aromatic heterocycles. The number of ether oxygens (including phenoxy) is 1. The molecule has 0 unspecified atom stereocenters. The van der Waals surface area contributed by atoms with Crippen LogP contribution >= 0.6 is 0 Å². The Hall–Kier alpha value is -4.51. The molecule has 0 atom stereocenters. The van der Waals surface area contributed by atoms with Gasteiger partial charge in [-0.15, -0.1) is 0 Å². The van der Waals surface area contributed by atoms with Crippen LogP contribution in [0.1, 0.15) is 21.5 Å². The third-order valence-corrected chi connectivity index (χ3v) is 4.92. The zero-order valence-electron chi connectivity index (χ0n) is 17.4. The van der Waals surface area contributed by atoms with Crippen LogP contribution in [0.4, 0.5) is 11.6 Å². The molecule has 2 heterocycles. The molecular weight excluding hydrogens is 404 g/mol. The van der Waals surface area contributed by atoms with E-state index in [4.69, 9.17) is 4.74 Å². The summed E-state index contributed by atoms with van der Waals surface area (Å²) >= 11 is 0. The van der Waals surface area contributed by atoms with Crippen molar-refractivity contribution in [3.8, 4) is 17.3 Å². The maximum atomic E-state index is 11.7. The van der Waals surface area contributed by atoms with E-state index in [1.54, 1.807) is 36.8 Å². The smallest absolute Gasteiger partial charge is 0.337 e. The van der Waals surface area contributed by atoms with Gasteiger partial charge in [-0.25, -0.2) is 19.7 Å². The summed E-state index contributed by atoms with van der Waals surface area (Å²) in [7, 11) is 1.33. The number of esters is 1. The number of carbonyl (C=O) groups excluding carboxylic acids is 1. The molecule has 0 saturated carbocycles. The van der Waals surface area contributed by atoms with Crippen molar-refractivity contribution in [1.29, 1.82) is 5.26 Å². The highest BCUT2D eigenvalue weighted by atomic mass is 16.5. The second kappa shape index (κ2) is 9.53. The van der Waals surface area contributed by atoms with Gasteiger partial charge < -0.3 is 14.6 Å². The van der Waals surface area contributed by atoms with Crippen LogP contribution in [0.2, 0.25) is 0 Å². The number of hydrogen-bond acceptors (Lipinski definition) is 7. The highest BCUT2D eigenvalue weighted by molar-refractivity contribution is 5.90. The Morgan fingerprint density at radius 3 is 2.59 bits per heavy atom. The van der Waals surface area contributed by atoms with Gasteiger partial charge in [-0.1, -0.05) is 24.3 Å². The van der Waals surface area contributed by atoms with Gasteiger partial charge in [0.1, 0.15) is 6.07 Å². The molecular formula is C24H20N6O2. The normalized spacial score (nSPS) is 10.4. The number of carbonyl (C=O) groups is 1. The van der Waals surface area contributed by atoms with Crippen molar-refractivity contribution in [2.75, 3.05) is 12.4 Å². The molecule has 4 aromatic rings. The predicted octanol–water partition coefficient (Wildman–Crippen LogP) is 3.98. The number of nitriles is 1. The lowest BCUT2D eigenvalue weighted by Gasteiger charge is -2.10. The summed E-state index contributed by atoms with van der Waals surface area (Å²) in [5.41, 5.74) is 4.00. The Morgan fingerprint density at radius 1 is 1.16 bits per heavy atom. The minimum absolute atomic E-state index is 0.344. The maximum Gasteiger partial charge on any atom is 0.337 e. The Labute approximate surface area is 185 Å². The van der Waals surface area contributed by atoms with Crippen LogP contribution in [0.25, 0.3) is 11.3 Å². The topological polar surface area (TPSA) is 106 Å². The highest BCUT2D eigenvalue weighted by Crippen LogP contribution is 2.24. The third kappa shape index (κ3) is 4.79. The fraction of sp³-hybridized carbons (Fsp3) is 0.125. The number of aryl methyl sites for hydroxylation is 2. The maximum absolute atomic E-state index is 11.7. The summed E-state index contributed by atoms with van der Waals surface area (Å²) < 4.78 is 6.76. The first-order chi connectivity index (χ1) is 15.7. The molecule has 2 aromatic carbocycles. The van der Waals surface area contributed by atoms with Crippen LogP contribution in [-0.2, 0) is 17.7 Å². The minimum atomic E-state index is -0.421. The van der Waals surface area contributed by atoms with Gasteiger partial charge in [0.15, 0.2) is 0 Å². The molecule has 0 fully saturated rings. The molecule has 158 valence electrons. The molecule has 0 radical (unpaired) electrons. The summed E-state index contributed by atoms with van der Waals surface area (Å²) in [6.07, 6.45) is 7.90. The monoisotopic (exact) mass is 424 g/mol. The zero-order chi connectivity index (χ0) is 22.3. The summed E-state index contributed by atoms with van der Waals surface area (Å²) in [4.78, 5) is 24.5. The first-order valence-corrected chi connectivity index (χ1v) is 9.94. The van der Waals surface area contributed by atoms with E-state index in [1.807, 2.05) is 22.9 Å². The van der Waals surface area contributed by atoms with Gasteiger partial charge in [0.2, 0.25) is 5.95 Å². The number of aromatic nitrogens is 4. The minimum Gasteiger partial charge on any atom is -0.465 e. The van der Waals surface area contributed by atoms with Crippen molar-refractivity contribution in [1.82, 2.24) is 19.5 Å². The second-order valence-electron chi connectivity index (χ2n) is 7.01. The van der Waals surface area contributed by atoms with E-state index >= 15 is 0 Å². The summed E-state index contributed by atoms with van der Waals surface area (Å²) in [5.74, 6) is -0.0437. The number of nitrogens with one attached hydrogen (secondary N) is 1. The van der Waals surface area contributed by atoms with Crippen molar-refractivity contribution < 1.29 is 9.53 Å². The lowest BCUT2D eigenvalue weighted by molar-refractivity contribution is 0.0600. The number of methoxy groups -OCH3 is 1. The van der Waals surface area contributed by atoms with Crippen molar-refractivity contribution in [2.45, 2.75) is 13.0 Å². The molecule has 8 nitrogen and oxygen atoms in total. The Bertz CT molecular complexity index is 1240. The molecule has 0 bridgehead atoms. The zero-order valence-corrected chi connectivity index (χ0v) is 17.4. The van der Waals surface area contributed by atoms with Crippen molar-refractivity contribution in [3.63, 3.8) is 0 Å². The first-order valence-electron chi connectivity index (χ1n) is 9.94. The number of benzene rings is 2. The fourth-order valence-corrected chi connectivity index (χ4v) is 3.19. The van der Waals surface area contributed by atoms with E-state index in [0.717, 1.165) is 18.7 Å². The van der Waals surface area contributed by atoms with Gasteiger partial charge in [-0.3, -0.25) is 0 Å². The van der Waals surface area contributed by atoms with Crippen LogP contribution in [0.15, 0.2) is 73.4 Å². The molecule has 0 saturated heterocycles. The molecule has 0 amide bonds. The number of nitrogens with zero attached hydrogens (tertiary/aromatic N) is 5. The molecule has 1 N–H and O–H groups in total. The van der Waals surface area contributed by atoms with Crippen LogP contribution in [0, 0.1) is 11.3 Å². The van der Waals surface area contributed by atoms with Gasteiger partial charge in [-0.2, -0.15) is 5.26 Å². The molecule has 0 spiro atoms. The van der Waals surface area contributed by atoms with Gasteiger partial charge in [0.05, 0.1) is 36.5 Å². The molecule has 0 aliphatic heterocycles. The SMILES string of the molecule is COC(=O)c1ccc(-c2nc(Nc3ccc(CCn4ccnc4)cc3)ncc2C#N)cc1. The van der Waals surface area contributed by atoms with Crippen molar-refractivity contribution in [2.24, 2.45) is 0 Å². The van der Waals surface area contributed by atoms with Crippen LogP contribution in [0.3, 0.4) is 0 Å². The van der Waals surface area contributed by atoms with E-state index in [1.165, 1.54) is 18.9 Å². The number of imidazole rings is 1. The summed E-state index contributed by atoms with van der Waals surface area (Å²) in [6, 6.07) is 16.9. The largest absolute Gasteiger partial charge is 0.465 e. The standard InChI is InChI=1S/C24H20N6O2/c1-32-23(31)19-6-4-18(5-7-19)22-20(14-25)15-27-24(29-22)28-21-8-2-17(3-9-21)10-12-30-13-11-26-16-30/h2-9,11,13,15-16H,10,12H2,1H3,(H,27,28,29). The Kier molecular flexibility index (Phi) is 6.18.